The number of likely N-dealkylation sites (N-methyl/N-ethyl adjacent to an activating group) is 1. The number of carbonyl (C=O) groups excluding carboxylic acids is 1. The van der Waals surface area contributed by atoms with Crippen molar-refractivity contribution in [2.75, 3.05) is 25.9 Å². The van der Waals surface area contributed by atoms with E-state index < -0.39 is 0 Å². The lowest BCUT2D eigenvalue weighted by molar-refractivity contribution is -0.125. The Hall–Kier alpha value is -1.08. The van der Waals surface area contributed by atoms with Gasteiger partial charge in [-0.1, -0.05) is 24.6 Å². The Kier molecular flexibility index (Phi) is 5.65. The Balaban J connectivity index is 1.68. The smallest absolute Gasteiger partial charge is 0.237 e. The molecule has 2 N–H and O–H groups in total. The van der Waals surface area contributed by atoms with Crippen LogP contribution in [0.5, 0.6) is 0 Å². The van der Waals surface area contributed by atoms with Crippen molar-refractivity contribution in [1.82, 2.24) is 25.4 Å². The molecule has 0 saturated carbocycles. The number of likely N-dealkylation sites (tertiary alicyclic amines) is 1. The molecule has 0 radical (unpaired) electrons. The molecule has 6 nitrogen and oxygen atoms in total. The molecule has 19 heavy (non-hydrogen) atoms. The third kappa shape index (κ3) is 4.50. The van der Waals surface area contributed by atoms with Crippen LogP contribution in [0.15, 0.2) is 11.5 Å². The molecular weight excluding hydrogens is 262 g/mol. The molecule has 1 aliphatic heterocycles. The van der Waals surface area contributed by atoms with Gasteiger partial charge in [-0.25, -0.2) is 4.98 Å². The van der Waals surface area contributed by atoms with Gasteiger partial charge in [0.25, 0.3) is 0 Å². The zero-order valence-corrected chi connectivity index (χ0v) is 12.1. The molecule has 0 aliphatic carbocycles. The van der Waals surface area contributed by atoms with Crippen LogP contribution >= 0.6 is 11.8 Å². The summed E-state index contributed by atoms with van der Waals surface area (Å²) in [7, 11) is 2.04. The number of rotatable bonds is 5. The standard InChI is InChI=1S/C12H21N5OS/c1-17-7-4-2-3-5-10(17)11(18)13-6-8-19-12-14-9-15-16-12/h9-10H,2-8H2,1H3,(H,13,18)(H,14,15,16)/t10-/m1/s1. The number of thioether (sulfide) groups is 1. The first-order valence-electron chi connectivity index (χ1n) is 6.73. The van der Waals surface area contributed by atoms with Crippen LogP contribution in [-0.2, 0) is 4.79 Å². The lowest BCUT2D eigenvalue weighted by Crippen LogP contribution is -2.45. The van der Waals surface area contributed by atoms with Crippen molar-refractivity contribution in [3.05, 3.63) is 6.33 Å². The van der Waals surface area contributed by atoms with Gasteiger partial charge in [-0.05, 0) is 26.4 Å². The number of carbonyl (C=O) groups is 1. The van der Waals surface area contributed by atoms with Crippen LogP contribution in [0.4, 0.5) is 0 Å². The Morgan fingerprint density at radius 1 is 1.58 bits per heavy atom. The second-order valence-corrected chi connectivity index (χ2v) is 5.86. The third-order valence-corrected chi connectivity index (χ3v) is 4.23. The van der Waals surface area contributed by atoms with Crippen LogP contribution in [0.3, 0.4) is 0 Å². The minimum absolute atomic E-state index is 0.0396. The second kappa shape index (κ2) is 7.49. The van der Waals surface area contributed by atoms with E-state index in [1.807, 2.05) is 7.05 Å². The van der Waals surface area contributed by atoms with E-state index in [0.29, 0.717) is 6.54 Å². The monoisotopic (exact) mass is 283 g/mol. The van der Waals surface area contributed by atoms with Crippen molar-refractivity contribution >= 4 is 17.7 Å². The van der Waals surface area contributed by atoms with Crippen LogP contribution in [0.2, 0.25) is 0 Å². The molecule has 1 fully saturated rings. The van der Waals surface area contributed by atoms with E-state index in [2.05, 4.69) is 25.4 Å². The maximum Gasteiger partial charge on any atom is 0.237 e. The lowest BCUT2D eigenvalue weighted by Gasteiger charge is -2.24. The number of aromatic nitrogens is 3. The summed E-state index contributed by atoms with van der Waals surface area (Å²) >= 11 is 1.56. The number of hydrogen-bond acceptors (Lipinski definition) is 5. The number of H-pyrrole nitrogens is 1. The molecule has 0 bridgehead atoms. The highest BCUT2D eigenvalue weighted by Gasteiger charge is 2.23. The summed E-state index contributed by atoms with van der Waals surface area (Å²) in [5.74, 6) is 0.958. The summed E-state index contributed by atoms with van der Waals surface area (Å²) < 4.78 is 0. The molecule has 7 heteroatoms. The van der Waals surface area contributed by atoms with E-state index >= 15 is 0 Å². The summed E-state index contributed by atoms with van der Waals surface area (Å²) in [4.78, 5) is 18.3. The molecule has 1 aromatic heterocycles. The summed E-state index contributed by atoms with van der Waals surface area (Å²) in [5.41, 5.74) is 0. The highest BCUT2D eigenvalue weighted by molar-refractivity contribution is 7.99. The van der Waals surface area contributed by atoms with Gasteiger partial charge in [0.15, 0.2) is 5.16 Å². The van der Waals surface area contributed by atoms with Crippen LogP contribution < -0.4 is 5.32 Å². The predicted octanol–water partition coefficient (Wildman–Crippen LogP) is 0.887. The first-order chi connectivity index (χ1) is 9.27. The lowest BCUT2D eigenvalue weighted by atomic mass is 10.1. The van der Waals surface area contributed by atoms with Gasteiger partial charge in [0.05, 0.1) is 6.04 Å². The predicted molar refractivity (Wildman–Crippen MR) is 75.0 cm³/mol. The maximum atomic E-state index is 12.1. The summed E-state index contributed by atoms with van der Waals surface area (Å²) in [6, 6.07) is 0.0396. The van der Waals surface area contributed by atoms with Crippen LogP contribution in [0.25, 0.3) is 0 Å². The first kappa shape index (κ1) is 14.3. The minimum Gasteiger partial charge on any atom is -0.354 e. The molecular formula is C12H21N5OS. The summed E-state index contributed by atoms with van der Waals surface area (Å²) in [6.07, 6.45) is 6.03. The largest absolute Gasteiger partial charge is 0.354 e. The molecule has 1 saturated heterocycles. The number of nitrogens with zero attached hydrogens (tertiary/aromatic N) is 3. The van der Waals surface area contributed by atoms with E-state index in [-0.39, 0.29) is 11.9 Å². The van der Waals surface area contributed by atoms with E-state index in [4.69, 9.17) is 0 Å². The SMILES string of the molecule is CN1CCCCC[C@@H]1C(=O)NCCSc1ncn[nH]1. The fourth-order valence-electron chi connectivity index (χ4n) is 2.29. The first-order valence-corrected chi connectivity index (χ1v) is 7.72. The van der Waals surface area contributed by atoms with Gasteiger partial charge in [0.2, 0.25) is 5.91 Å². The second-order valence-electron chi connectivity index (χ2n) is 4.78. The van der Waals surface area contributed by atoms with E-state index in [9.17, 15) is 4.79 Å². The van der Waals surface area contributed by atoms with Gasteiger partial charge >= 0.3 is 0 Å². The Bertz CT molecular complexity index is 383. The Labute approximate surface area is 117 Å². The zero-order valence-electron chi connectivity index (χ0n) is 11.3. The molecule has 106 valence electrons. The van der Waals surface area contributed by atoms with E-state index in [1.165, 1.54) is 19.2 Å². The molecule has 1 amide bonds. The fourth-order valence-corrected chi connectivity index (χ4v) is 2.92. The maximum absolute atomic E-state index is 12.1. The highest BCUT2D eigenvalue weighted by atomic mass is 32.2. The van der Waals surface area contributed by atoms with E-state index in [0.717, 1.165) is 30.3 Å². The molecule has 2 rings (SSSR count). The van der Waals surface area contributed by atoms with Gasteiger partial charge < -0.3 is 5.32 Å². The number of hydrogen-bond donors (Lipinski definition) is 2. The Morgan fingerprint density at radius 3 is 3.26 bits per heavy atom. The molecule has 1 aromatic rings. The van der Waals surface area contributed by atoms with Crippen LogP contribution in [0, 0.1) is 0 Å². The molecule has 2 heterocycles. The Morgan fingerprint density at radius 2 is 2.47 bits per heavy atom. The van der Waals surface area contributed by atoms with Gasteiger partial charge in [-0.2, -0.15) is 5.10 Å². The van der Waals surface area contributed by atoms with Gasteiger partial charge in [-0.15, -0.1) is 0 Å². The average molecular weight is 283 g/mol. The van der Waals surface area contributed by atoms with Gasteiger partial charge in [0.1, 0.15) is 6.33 Å². The number of amides is 1. The molecule has 1 aliphatic rings. The molecule has 0 unspecified atom stereocenters. The van der Waals surface area contributed by atoms with Crippen molar-refractivity contribution in [2.24, 2.45) is 0 Å². The highest BCUT2D eigenvalue weighted by Crippen LogP contribution is 2.15. The van der Waals surface area contributed by atoms with Crippen molar-refractivity contribution in [3.8, 4) is 0 Å². The topological polar surface area (TPSA) is 73.9 Å². The van der Waals surface area contributed by atoms with E-state index in [1.54, 1.807) is 11.8 Å². The van der Waals surface area contributed by atoms with Crippen molar-refractivity contribution in [1.29, 1.82) is 0 Å². The van der Waals surface area contributed by atoms with Gasteiger partial charge in [0, 0.05) is 12.3 Å². The van der Waals surface area contributed by atoms with Crippen molar-refractivity contribution in [3.63, 3.8) is 0 Å². The number of aromatic amines is 1. The minimum atomic E-state index is 0.0396. The number of nitrogens with one attached hydrogen (secondary N) is 2. The molecule has 1 atom stereocenters. The van der Waals surface area contributed by atoms with Gasteiger partial charge in [-0.3, -0.25) is 14.8 Å². The normalized spacial score (nSPS) is 21.0. The van der Waals surface area contributed by atoms with Crippen LogP contribution in [-0.4, -0.2) is 57.9 Å². The fraction of sp³-hybridized carbons (Fsp3) is 0.750. The molecule has 0 aromatic carbocycles. The summed E-state index contributed by atoms with van der Waals surface area (Å²) in [6.45, 7) is 1.68. The van der Waals surface area contributed by atoms with Crippen molar-refractivity contribution in [2.45, 2.75) is 36.9 Å². The quantitative estimate of drug-likeness (QED) is 0.620. The zero-order chi connectivity index (χ0) is 13.5. The third-order valence-electron chi connectivity index (χ3n) is 3.36. The average Bonchev–Trinajstić information content (AvgIpc) is 2.82. The van der Waals surface area contributed by atoms with Crippen molar-refractivity contribution < 1.29 is 4.79 Å². The molecule has 0 spiro atoms. The van der Waals surface area contributed by atoms with Crippen LogP contribution in [0.1, 0.15) is 25.7 Å². The summed E-state index contributed by atoms with van der Waals surface area (Å²) in [5, 5.41) is 10.4.